The fourth-order valence-corrected chi connectivity index (χ4v) is 3.97. The molecule has 1 amide bonds. The van der Waals surface area contributed by atoms with Gasteiger partial charge in [0.25, 0.3) is 5.91 Å². The van der Waals surface area contributed by atoms with Crippen LogP contribution in [0.15, 0.2) is 10.6 Å². The van der Waals surface area contributed by atoms with Crippen LogP contribution in [-0.2, 0) is 0 Å². The lowest BCUT2D eigenvalue weighted by Crippen LogP contribution is -2.41. The van der Waals surface area contributed by atoms with Crippen LogP contribution < -0.4 is 10.2 Å². The molecule has 3 fully saturated rings. The number of hydrogen-bond acceptors (Lipinski definition) is 5. The fourth-order valence-electron chi connectivity index (χ4n) is 3.97. The van der Waals surface area contributed by atoms with Gasteiger partial charge in [0.05, 0.1) is 0 Å². The molecule has 1 aliphatic carbocycles. The van der Waals surface area contributed by atoms with E-state index < -0.39 is 0 Å². The summed E-state index contributed by atoms with van der Waals surface area (Å²) in [5, 5.41) is 7.08. The summed E-state index contributed by atoms with van der Waals surface area (Å²) < 4.78 is 5.22. The number of amides is 1. The molecule has 0 aromatic carbocycles. The first kappa shape index (κ1) is 15.0. The molecule has 2 atom stereocenters. The number of nitrogens with one attached hydrogen (secondary N) is 1. The van der Waals surface area contributed by atoms with Crippen molar-refractivity contribution in [1.82, 2.24) is 15.4 Å². The van der Waals surface area contributed by atoms with Crippen LogP contribution in [0.5, 0.6) is 0 Å². The Morgan fingerprint density at radius 1 is 1.26 bits per heavy atom. The van der Waals surface area contributed by atoms with E-state index in [1.165, 1.54) is 32.1 Å². The summed E-state index contributed by atoms with van der Waals surface area (Å²) in [7, 11) is 0. The van der Waals surface area contributed by atoms with Crippen molar-refractivity contribution in [3.05, 3.63) is 11.8 Å². The van der Waals surface area contributed by atoms with E-state index in [9.17, 15) is 4.79 Å². The standard InChI is InChI=1S/C17H26N4O2/c1-12-10-21(13-5-3-2-4-6-13)11-15(12)18-17(22)14-9-16(23-19-14)20-7-8-20/h9,12-13,15H,2-8,10-11H2,1H3,(H,18,22). The van der Waals surface area contributed by atoms with Crippen molar-refractivity contribution in [3.8, 4) is 0 Å². The summed E-state index contributed by atoms with van der Waals surface area (Å²) >= 11 is 0. The fraction of sp³-hybridized carbons (Fsp3) is 0.765. The van der Waals surface area contributed by atoms with E-state index in [0.29, 0.717) is 17.5 Å². The van der Waals surface area contributed by atoms with Gasteiger partial charge >= 0.3 is 0 Å². The molecule has 3 aliphatic rings. The molecule has 0 spiro atoms. The van der Waals surface area contributed by atoms with E-state index in [1.54, 1.807) is 6.07 Å². The van der Waals surface area contributed by atoms with Crippen LogP contribution in [0.2, 0.25) is 0 Å². The minimum absolute atomic E-state index is 0.107. The zero-order valence-electron chi connectivity index (χ0n) is 13.8. The van der Waals surface area contributed by atoms with Gasteiger partial charge in [-0.3, -0.25) is 9.69 Å². The van der Waals surface area contributed by atoms with Crippen LogP contribution >= 0.6 is 0 Å². The van der Waals surface area contributed by atoms with Crippen LogP contribution in [0.4, 0.5) is 5.88 Å². The summed E-state index contributed by atoms with van der Waals surface area (Å²) in [6.45, 7) is 6.28. The van der Waals surface area contributed by atoms with Crippen LogP contribution in [-0.4, -0.2) is 54.2 Å². The number of aromatic nitrogens is 1. The molecule has 23 heavy (non-hydrogen) atoms. The molecular formula is C17H26N4O2. The van der Waals surface area contributed by atoms with Gasteiger partial charge in [-0.15, -0.1) is 0 Å². The molecule has 1 aromatic rings. The molecule has 3 heterocycles. The van der Waals surface area contributed by atoms with E-state index in [0.717, 1.165) is 32.2 Å². The van der Waals surface area contributed by atoms with Gasteiger partial charge in [0.2, 0.25) is 5.88 Å². The van der Waals surface area contributed by atoms with Gasteiger partial charge in [0.15, 0.2) is 5.69 Å². The van der Waals surface area contributed by atoms with Crippen molar-refractivity contribution in [2.24, 2.45) is 5.92 Å². The van der Waals surface area contributed by atoms with Gasteiger partial charge in [-0.2, -0.15) is 0 Å². The van der Waals surface area contributed by atoms with Crippen LogP contribution in [0.1, 0.15) is 49.5 Å². The van der Waals surface area contributed by atoms with Crippen molar-refractivity contribution in [3.63, 3.8) is 0 Å². The van der Waals surface area contributed by atoms with E-state index in [-0.39, 0.29) is 11.9 Å². The van der Waals surface area contributed by atoms with Gasteiger partial charge in [-0.05, 0) is 18.8 Å². The summed E-state index contributed by atoms with van der Waals surface area (Å²) in [6.07, 6.45) is 6.72. The monoisotopic (exact) mass is 318 g/mol. The molecule has 4 rings (SSSR count). The Balaban J connectivity index is 1.34. The maximum atomic E-state index is 12.4. The predicted octanol–water partition coefficient (Wildman–Crippen LogP) is 1.88. The third-order valence-corrected chi connectivity index (χ3v) is 5.54. The third-order valence-electron chi connectivity index (χ3n) is 5.54. The lowest BCUT2D eigenvalue weighted by atomic mass is 9.94. The normalized spacial score (nSPS) is 29.0. The largest absolute Gasteiger partial charge is 0.346 e. The van der Waals surface area contributed by atoms with E-state index in [1.807, 2.05) is 4.90 Å². The lowest BCUT2D eigenvalue weighted by molar-refractivity contribution is 0.0920. The zero-order chi connectivity index (χ0) is 15.8. The predicted molar refractivity (Wildman–Crippen MR) is 87.6 cm³/mol. The molecular weight excluding hydrogens is 292 g/mol. The highest BCUT2D eigenvalue weighted by molar-refractivity contribution is 5.93. The topological polar surface area (TPSA) is 61.4 Å². The average Bonchev–Trinajstić information content (AvgIpc) is 3.18. The summed E-state index contributed by atoms with van der Waals surface area (Å²) in [6, 6.07) is 2.68. The highest BCUT2D eigenvalue weighted by Gasteiger charge is 2.35. The number of carbonyl (C=O) groups is 1. The Kier molecular flexibility index (Phi) is 4.01. The Labute approximate surface area is 137 Å². The molecule has 6 heteroatoms. The second kappa shape index (κ2) is 6.15. The Morgan fingerprint density at radius 2 is 2.04 bits per heavy atom. The van der Waals surface area contributed by atoms with Crippen LogP contribution in [0, 0.1) is 5.92 Å². The van der Waals surface area contributed by atoms with Gasteiger partial charge in [0, 0.05) is 44.3 Å². The van der Waals surface area contributed by atoms with Crippen molar-refractivity contribution >= 4 is 11.8 Å². The average molecular weight is 318 g/mol. The first-order valence-corrected chi connectivity index (χ1v) is 8.97. The van der Waals surface area contributed by atoms with Crippen molar-refractivity contribution in [2.45, 2.75) is 51.1 Å². The minimum atomic E-state index is -0.107. The number of anilines is 1. The van der Waals surface area contributed by atoms with Gasteiger partial charge in [-0.25, -0.2) is 0 Å². The molecule has 1 aromatic heterocycles. The summed E-state index contributed by atoms with van der Waals surface area (Å²) in [4.78, 5) is 17.0. The first-order chi connectivity index (χ1) is 11.2. The molecule has 2 unspecified atom stereocenters. The van der Waals surface area contributed by atoms with E-state index in [2.05, 4.69) is 22.3 Å². The smallest absolute Gasteiger partial charge is 0.273 e. The van der Waals surface area contributed by atoms with Crippen LogP contribution in [0.25, 0.3) is 0 Å². The van der Waals surface area contributed by atoms with E-state index >= 15 is 0 Å². The van der Waals surface area contributed by atoms with Crippen LogP contribution in [0.3, 0.4) is 0 Å². The number of carbonyl (C=O) groups excluding carboxylic acids is 1. The third kappa shape index (κ3) is 3.22. The molecule has 1 N–H and O–H groups in total. The second-order valence-electron chi connectivity index (χ2n) is 7.34. The number of hydrogen-bond donors (Lipinski definition) is 1. The second-order valence-corrected chi connectivity index (χ2v) is 7.34. The Bertz CT molecular complexity index is 563. The molecule has 0 bridgehead atoms. The zero-order valence-corrected chi connectivity index (χ0v) is 13.8. The lowest BCUT2D eigenvalue weighted by Gasteiger charge is -2.31. The highest BCUT2D eigenvalue weighted by atomic mass is 16.5. The number of nitrogens with zero attached hydrogens (tertiary/aromatic N) is 3. The summed E-state index contributed by atoms with van der Waals surface area (Å²) in [5.41, 5.74) is 0.398. The Morgan fingerprint density at radius 3 is 2.78 bits per heavy atom. The van der Waals surface area contributed by atoms with Crippen molar-refractivity contribution < 1.29 is 9.32 Å². The molecule has 2 aliphatic heterocycles. The number of likely N-dealkylation sites (tertiary alicyclic amines) is 1. The number of rotatable bonds is 4. The molecule has 6 nitrogen and oxygen atoms in total. The first-order valence-electron chi connectivity index (χ1n) is 8.97. The van der Waals surface area contributed by atoms with E-state index in [4.69, 9.17) is 4.52 Å². The van der Waals surface area contributed by atoms with Gasteiger partial charge < -0.3 is 14.7 Å². The van der Waals surface area contributed by atoms with Crippen molar-refractivity contribution in [2.75, 3.05) is 31.1 Å². The molecule has 126 valence electrons. The van der Waals surface area contributed by atoms with Gasteiger partial charge in [0.1, 0.15) is 0 Å². The highest BCUT2D eigenvalue weighted by Crippen LogP contribution is 2.28. The Hall–Kier alpha value is -1.56. The maximum Gasteiger partial charge on any atom is 0.273 e. The molecule has 1 saturated carbocycles. The maximum absolute atomic E-state index is 12.4. The van der Waals surface area contributed by atoms with Gasteiger partial charge in [-0.1, -0.05) is 31.3 Å². The SMILES string of the molecule is CC1CN(C2CCCCC2)CC1NC(=O)c1cc(N2CC2)on1. The quantitative estimate of drug-likeness (QED) is 0.859. The summed E-state index contributed by atoms with van der Waals surface area (Å²) in [5.74, 6) is 1.09. The minimum Gasteiger partial charge on any atom is -0.346 e. The molecule has 0 radical (unpaired) electrons. The molecule has 2 saturated heterocycles. The van der Waals surface area contributed by atoms with Crippen molar-refractivity contribution in [1.29, 1.82) is 0 Å².